The molecule has 0 aliphatic heterocycles. The molecule has 0 amide bonds. The molecule has 0 aromatic heterocycles. The minimum absolute atomic E-state index is 0.236. The summed E-state index contributed by atoms with van der Waals surface area (Å²) in [6.07, 6.45) is 5.81. The molecule has 0 aliphatic rings. The van der Waals surface area contributed by atoms with Crippen LogP contribution in [0.2, 0.25) is 5.02 Å². The van der Waals surface area contributed by atoms with Gasteiger partial charge in [0.2, 0.25) is 0 Å². The lowest BCUT2D eigenvalue weighted by Crippen LogP contribution is -2.20. The number of rotatable bonds is 7. The van der Waals surface area contributed by atoms with Crippen molar-refractivity contribution in [1.82, 2.24) is 5.32 Å². The lowest BCUT2D eigenvalue weighted by Gasteiger charge is -2.05. The second kappa shape index (κ2) is 8.28. The average Bonchev–Trinajstić information content (AvgIpc) is 2.32. The van der Waals surface area contributed by atoms with Gasteiger partial charge in [0.05, 0.1) is 5.02 Å². The van der Waals surface area contributed by atoms with Gasteiger partial charge < -0.3 is 5.32 Å². The van der Waals surface area contributed by atoms with Gasteiger partial charge in [-0.3, -0.25) is 0 Å². The van der Waals surface area contributed by atoms with E-state index in [4.69, 9.17) is 11.6 Å². The van der Waals surface area contributed by atoms with Gasteiger partial charge in [0.15, 0.2) is 0 Å². The van der Waals surface area contributed by atoms with E-state index in [9.17, 15) is 4.39 Å². The molecule has 0 bridgehead atoms. The molecule has 0 saturated carbocycles. The third-order valence-electron chi connectivity index (χ3n) is 2.58. The van der Waals surface area contributed by atoms with Crippen LogP contribution in [0.1, 0.15) is 25.8 Å². The van der Waals surface area contributed by atoms with Crippen LogP contribution in [-0.4, -0.2) is 13.1 Å². The van der Waals surface area contributed by atoms with Crippen LogP contribution in [0.4, 0.5) is 4.39 Å². The SMILES string of the molecule is CC(C)CNCC/C=C/Cc1cccc(F)c1Cl. The second-order valence-corrected chi connectivity index (χ2v) is 5.15. The molecule has 3 heteroatoms. The third kappa shape index (κ3) is 5.65. The molecule has 0 spiro atoms. The molecule has 0 atom stereocenters. The summed E-state index contributed by atoms with van der Waals surface area (Å²) in [4.78, 5) is 0. The highest BCUT2D eigenvalue weighted by Crippen LogP contribution is 2.20. The van der Waals surface area contributed by atoms with Gasteiger partial charge >= 0.3 is 0 Å². The number of nitrogens with one attached hydrogen (secondary N) is 1. The van der Waals surface area contributed by atoms with Crippen LogP contribution in [0.3, 0.4) is 0 Å². The van der Waals surface area contributed by atoms with Crippen LogP contribution in [0.5, 0.6) is 0 Å². The highest BCUT2D eigenvalue weighted by atomic mass is 35.5. The van der Waals surface area contributed by atoms with Crippen molar-refractivity contribution < 1.29 is 4.39 Å². The van der Waals surface area contributed by atoms with E-state index in [-0.39, 0.29) is 10.8 Å². The topological polar surface area (TPSA) is 12.0 Å². The van der Waals surface area contributed by atoms with Crippen LogP contribution in [0.15, 0.2) is 30.4 Å². The van der Waals surface area contributed by atoms with Crippen LogP contribution < -0.4 is 5.32 Å². The van der Waals surface area contributed by atoms with Crippen molar-refractivity contribution in [3.8, 4) is 0 Å². The van der Waals surface area contributed by atoms with E-state index < -0.39 is 0 Å². The largest absolute Gasteiger partial charge is 0.316 e. The molecule has 0 heterocycles. The number of benzene rings is 1. The quantitative estimate of drug-likeness (QED) is 0.577. The second-order valence-electron chi connectivity index (χ2n) is 4.78. The van der Waals surface area contributed by atoms with Crippen molar-refractivity contribution in [1.29, 1.82) is 0 Å². The molecule has 100 valence electrons. The zero-order valence-corrected chi connectivity index (χ0v) is 11.8. The summed E-state index contributed by atoms with van der Waals surface area (Å²) in [5.41, 5.74) is 0.836. The molecular formula is C15H21ClFN. The number of hydrogen-bond acceptors (Lipinski definition) is 1. The molecule has 1 rings (SSSR count). The van der Waals surface area contributed by atoms with Crippen LogP contribution >= 0.6 is 11.6 Å². The molecule has 1 nitrogen and oxygen atoms in total. The summed E-state index contributed by atoms with van der Waals surface area (Å²) >= 11 is 5.87. The zero-order valence-electron chi connectivity index (χ0n) is 11.0. The smallest absolute Gasteiger partial charge is 0.142 e. The monoisotopic (exact) mass is 269 g/mol. The number of halogens is 2. The molecule has 1 aromatic carbocycles. The van der Waals surface area contributed by atoms with Crippen LogP contribution in [-0.2, 0) is 6.42 Å². The van der Waals surface area contributed by atoms with Crippen molar-refractivity contribution >= 4 is 11.6 Å². The summed E-state index contributed by atoms with van der Waals surface area (Å²) in [7, 11) is 0. The summed E-state index contributed by atoms with van der Waals surface area (Å²) in [6, 6.07) is 4.92. The molecule has 0 saturated heterocycles. The predicted molar refractivity (Wildman–Crippen MR) is 76.6 cm³/mol. The molecule has 18 heavy (non-hydrogen) atoms. The van der Waals surface area contributed by atoms with Gasteiger partial charge in [-0.2, -0.15) is 0 Å². The Morgan fingerprint density at radius 1 is 1.33 bits per heavy atom. The van der Waals surface area contributed by atoms with Crippen molar-refractivity contribution in [3.63, 3.8) is 0 Å². The van der Waals surface area contributed by atoms with E-state index in [1.807, 2.05) is 12.1 Å². The Kier molecular flexibility index (Phi) is 6.99. The van der Waals surface area contributed by atoms with Crippen LogP contribution in [0, 0.1) is 11.7 Å². The highest BCUT2D eigenvalue weighted by Gasteiger charge is 2.02. The van der Waals surface area contributed by atoms with Gasteiger partial charge in [-0.05, 0) is 43.5 Å². The number of hydrogen-bond donors (Lipinski definition) is 1. The fraction of sp³-hybridized carbons (Fsp3) is 0.467. The Balaban J connectivity index is 2.26. The minimum Gasteiger partial charge on any atom is -0.316 e. The maximum atomic E-state index is 13.2. The predicted octanol–water partition coefficient (Wildman–Crippen LogP) is 4.21. The number of allylic oxidation sites excluding steroid dienone is 1. The minimum atomic E-state index is -0.346. The zero-order chi connectivity index (χ0) is 13.4. The molecular weight excluding hydrogens is 249 g/mol. The van der Waals surface area contributed by atoms with Crippen molar-refractivity contribution in [2.45, 2.75) is 26.7 Å². The lowest BCUT2D eigenvalue weighted by atomic mass is 10.1. The van der Waals surface area contributed by atoms with E-state index in [0.717, 1.165) is 25.1 Å². The van der Waals surface area contributed by atoms with Gasteiger partial charge in [-0.25, -0.2) is 4.39 Å². The average molecular weight is 270 g/mol. The maximum absolute atomic E-state index is 13.2. The molecule has 0 unspecified atom stereocenters. The van der Waals surface area contributed by atoms with Gasteiger partial charge in [0, 0.05) is 0 Å². The van der Waals surface area contributed by atoms with E-state index >= 15 is 0 Å². The Morgan fingerprint density at radius 3 is 2.83 bits per heavy atom. The lowest BCUT2D eigenvalue weighted by molar-refractivity contribution is 0.556. The molecule has 1 N–H and O–H groups in total. The summed E-state index contributed by atoms with van der Waals surface area (Å²) in [5.74, 6) is 0.334. The first-order valence-corrected chi connectivity index (χ1v) is 6.77. The first-order chi connectivity index (χ1) is 8.61. The Labute approximate surface area is 114 Å². The first kappa shape index (κ1) is 15.2. The molecule has 0 aliphatic carbocycles. The first-order valence-electron chi connectivity index (χ1n) is 6.40. The van der Waals surface area contributed by atoms with E-state index in [0.29, 0.717) is 12.3 Å². The normalized spacial score (nSPS) is 11.6. The third-order valence-corrected chi connectivity index (χ3v) is 3.00. The Morgan fingerprint density at radius 2 is 2.11 bits per heavy atom. The van der Waals surface area contributed by atoms with Crippen molar-refractivity contribution in [2.24, 2.45) is 5.92 Å². The summed E-state index contributed by atoms with van der Waals surface area (Å²) in [5, 5.41) is 3.60. The van der Waals surface area contributed by atoms with Gasteiger partial charge in [0.1, 0.15) is 5.82 Å². The van der Waals surface area contributed by atoms with Crippen molar-refractivity contribution in [3.05, 3.63) is 46.8 Å². The van der Waals surface area contributed by atoms with E-state index in [1.54, 1.807) is 6.07 Å². The summed E-state index contributed by atoms with van der Waals surface area (Å²) in [6.45, 7) is 6.40. The van der Waals surface area contributed by atoms with Crippen molar-refractivity contribution in [2.75, 3.05) is 13.1 Å². The Bertz CT molecular complexity index is 388. The fourth-order valence-electron chi connectivity index (χ4n) is 1.61. The van der Waals surface area contributed by atoms with E-state index in [2.05, 4.69) is 25.2 Å². The molecule has 0 fully saturated rings. The van der Waals surface area contributed by atoms with Gasteiger partial charge in [-0.15, -0.1) is 0 Å². The highest BCUT2D eigenvalue weighted by molar-refractivity contribution is 6.31. The van der Waals surface area contributed by atoms with Gasteiger partial charge in [0.25, 0.3) is 0 Å². The molecule has 1 aromatic rings. The summed E-state index contributed by atoms with van der Waals surface area (Å²) < 4.78 is 13.2. The standard InChI is InChI=1S/C15H21ClFN/c1-12(2)11-18-10-5-3-4-7-13-8-6-9-14(17)15(13)16/h3-4,6,8-9,12,18H,5,7,10-11H2,1-2H3/b4-3+. The Hall–Kier alpha value is -0.860. The fourth-order valence-corrected chi connectivity index (χ4v) is 1.81. The van der Waals surface area contributed by atoms with Crippen LogP contribution in [0.25, 0.3) is 0 Å². The van der Waals surface area contributed by atoms with E-state index in [1.165, 1.54) is 6.07 Å². The molecule has 0 radical (unpaired) electrons. The maximum Gasteiger partial charge on any atom is 0.142 e. The van der Waals surface area contributed by atoms with Gasteiger partial charge in [-0.1, -0.05) is 49.7 Å².